The van der Waals surface area contributed by atoms with Crippen LogP contribution in [0.4, 0.5) is 5.69 Å². The fraction of sp³-hybridized carbons (Fsp3) is 0.533. The van der Waals surface area contributed by atoms with E-state index in [0.29, 0.717) is 10.7 Å². The summed E-state index contributed by atoms with van der Waals surface area (Å²) in [4.78, 5) is 15.4. The second-order valence-corrected chi connectivity index (χ2v) is 7.00. The van der Waals surface area contributed by atoms with Gasteiger partial charge in [0.1, 0.15) is 0 Å². The van der Waals surface area contributed by atoms with E-state index in [9.17, 15) is 4.79 Å². The molecule has 20 heavy (non-hydrogen) atoms. The average molecular weight is 313 g/mol. The topological polar surface area (TPSA) is 46.3 Å². The fourth-order valence-electron chi connectivity index (χ4n) is 2.42. The molecule has 0 spiro atoms. The van der Waals surface area contributed by atoms with Crippen LogP contribution in [0.5, 0.6) is 0 Å². The maximum Gasteiger partial charge on any atom is 0.235 e. The maximum absolute atomic E-state index is 12.5. The number of thioether (sulfide) groups is 1. The molecular formula is C15H21ClN2OS. The summed E-state index contributed by atoms with van der Waals surface area (Å²) in [5.41, 5.74) is 6.58. The van der Waals surface area contributed by atoms with Crippen LogP contribution in [0, 0.1) is 0 Å². The van der Waals surface area contributed by atoms with Crippen LogP contribution in [-0.2, 0) is 4.79 Å². The van der Waals surface area contributed by atoms with E-state index in [1.54, 1.807) is 6.07 Å². The zero-order valence-electron chi connectivity index (χ0n) is 11.8. The number of likely N-dealkylation sites (tertiary alicyclic amines) is 1. The van der Waals surface area contributed by atoms with Gasteiger partial charge in [0.05, 0.1) is 5.25 Å². The van der Waals surface area contributed by atoms with Gasteiger partial charge in [-0.2, -0.15) is 0 Å². The Labute approximate surface area is 129 Å². The first-order valence-corrected chi connectivity index (χ1v) is 8.34. The van der Waals surface area contributed by atoms with Crippen molar-refractivity contribution < 1.29 is 4.79 Å². The molecule has 5 heteroatoms. The van der Waals surface area contributed by atoms with Crippen LogP contribution in [0.3, 0.4) is 0 Å². The van der Waals surface area contributed by atoms with Crippen LogP contribution >= 0.6 is 23.4 Å². The van der Waals surface area contributed by atoms with Gasteiger partial charge in [-0.3, -0.25) is 4.79 Å². The third kappa shape index (κ3) is 4.06. The van der Waals surface area contributed by atoms with E-state index in [1.807, 2.05) is 24.0 Å². The molecule has 0 aliphatic carbocycles. The van der Waals surface area contributed by atoms with Crippen molar-refractivity contribution in [2.45, 2.75) is 42.8 Å². The highest BCUT2D eigenvalue weighted by molar-refractivity contribution is 8.00. The minimum absolute atomic E-state index is 0.114. The Morgan fingerprint density at radius 1 is 1.30 bits per heavy atom. The quantitative estimate of drug-likeness (QED) is 0.682. The van der Waals surface area contributed by atoms with E-state index in [1.165, 1.54) is 24.6 Å². The standard InChI is InChI=1S/C15H21ClN2OS/c1-11(15(19)18-8-4-2-3-5-9-18)20-14-7-6-12(16)10-13(14)17/h6-7,10-11H,2-5,8-9,17H2,1H3. The summed E-state index contributed by atoms with van der Waals surface area (Å²) in [6.45, 7) is 3.73. The summed E-state index contributed by atoms with van der Waals surface area (Å²) in [6, 6.07) is 5.42. The third-order valence-corrected chi connectivity index (χ3v) is 4.96. The van der Waals surface area contributed by atoms with Gasteiger partial charge in [-0.1, -0.05) is 24.4 Å². The Balaban J connectivity index is 1.99. The Morgan fingerprint density at radius 3 is 2.55 bits per heavy atom. The lowest BCUT2D eigenvalue weighted by molar-refractivity contribution is -0.130. The molecule has 2 N–H and O–H groups in total. The molecule has 0 bridgehead atoms. The Kier molecular flexibility index (Phi) is 5.61. The minimum Gasteiger partial charge on any atom is -0.398 e. The smallest absolute Gasteiger partial charge is 0.235 e. The Bertz CT molecular complexity index is 473. The number of amides is 1. The lowest BCUT2D eigenvalue weighted by Gasteiger charge is -2.24. The van der Waals surface area contributed by atoms with Crippen molar-refractivity contribution in [3.63, 3.8) is 0 Å². The number of nitrogens with zero attached hydrogens (tertiary/aromatic N) is 1. The highest BCUT2D eigenvalue weighted by Crippen LogP contribution is 2.31. The van der Waals surface area contributed by atoms with Crippen molar-refractivity contribution in [1.29, 1.82) is 0 Å². The van der Waals surface area contributed by atoms with Crippen molar-refractivity contribution in [3.8, 4) is 0 Å². The molecule has 1 fully saturated rings. The molecule has 0 saturated carbocycles. The molecule has 0 radical (unpaired) electrons. The lowest BCUT2D eigenvalue weighted by Crippen LogP contribution is -2.37. The number of anilines is 1. The summed E-state index contributed by atoms with van der Waals surface area (Å²) in [5, 5.41) is 0.509. The van der Waals surface area contributed by atoms with Gasteiger partial charge in [0.2, 0.25) is 5.91 Å². The molecule has 1 aliphatic rings. The van der Waals surface area contributed by atoms with E-state index >= 15 is 0 Å². The van der Waals surface area contributed by atoms with Crippen molar-refractivity contribution in [2.75, 3.05) is 18.8 Å². The highest BCUT2D eigenvalue weighted by Gasteiger charge is 2.22. The van der Waals surface area contributed by atoms with E-state index in [0.717, 1.165) is 30.8 Å². The lowest BCUT2D eigenvalue weighted by atomic mass is 10.2. The zero-order chi connectivity index (χ0) is 14.5. The van der Waals surface area contributed by atoms with Crippen LogP contribution in [0.2, 0.25) is 5.02 Å². The van der Waals surface area contributed by atoms with Crippen LogP contribution in [0.25, 0.3) is 0 Å². The molecule has 110 valence electrons. The number of carbonyl (C=O) groups is 1. The van der Waals surface area contributed by atoms with E-state index in [4.69, 9.17) is 17.3 Å². The molecular weight excluding hydrogens is 292 g/mol. The molecule has 2 rings (SSSR count). The predicted octanol–water partition coefficient (Wildman–Crippen LogP) is 3.81. The van der Waals surface area contributed by atoms with Gasteiger partial charge in [0, 0.05) is 28.7 Å². The summed E-state index contributed by atoms with van der Waals surface area (Å²) in [6.07, 6.45) is 4.70. The molecule has 1 heterocycles. The zero-order valence-corrected chi connectivity index (χ0v) is 13.3. The number of rotatable bonds is 3. The number of hydrogen-bond donors (Lipinski definition) is 1. The van der Waals surface area contributed by atoms with E-state index in [-0.39, 0.29) is 11.2 Å². The number of nitrogens with two attached hydrogens (primary N) is 1. The maximum atomic E-state index is 12.5. The molecule has 1 saturated heterocycles. The molecule has 1 atom stereocenters. The molecule has 1 aromatic rings. The fourth-order valence-corrected chi connectivity index (χ4v) is 3.57. The number of hydrogen-bond acceptors (Lipinski definition) is 3. The van der Waals surface area contributed by atoms with Gasteiger partial charge in [0.15, 0.2) is 0 Å². The summed E-state index contributed by atoms with van der Waals surface area (Å²) >= 11 is 7.40. The van der Waals surface area contributed by atoms with Crippen LogP contribution < -0.4 is 5.73 Å². The largest absolute Gasteiger partial charge is 0.398 e. The van der Waals surface area contributed by atoms with Gasteiger partial charge < -0.3 is 10.6 Å². The number of benzene rings is 1. The SMILES string of the molecule is CC(Sc1ccc(Cl)cc1N)C(=O)N1CCCCCC1. The molecule has 1 aliphatic heterocycles. The number of nitrogen functional groups attached to an aromatic ring is 1. The Hall–Kier alpha value is -0.870. The normalized spacial score (nSPS) is 17.6. The van der Waals surface area contributed by atoms with Crippen LogP contribution in [-0.4, -0.2) is 29.1 Å². The van der Waals surface area contributed by atoms with Crippen molar-refractivity contribution >= 4 is 35.0 Å². The van der Waals surface area contributed by atoms with Gasteiger partial charge >= 0.3 is 0 Å². The van der Waals surface area contributed by atoms with Gasteiger partial charge in [0.25, 0.3) is 0 Å². The number of halogens is 1. The highest BCUT2D eigenvalue weighted by atomic mass is 35.5. The molecule has 1 amide bonds. The first-order chi connectivity index (χ1) is 9.58. The van der Waals surface area contributed by atoms with Crippen molar-refractivity contribution in [1.82, 2.24) is 4.90 Å². The van der Waals surface area contributed by atoms with Crippen molar-refractivity contribution in [2.24, 2.45) is 0 Å². The first-order valence-electron chi connectivity index (χ1n) is 7.08. The van der Waals surface area contributed by atoms with E-state index in [2.05, 4.69) is 0 Å². The Morgan fingerprint density at radius 2 is 1.95 bits per heavy atom. The summed E-state index contributed by atoms with van der Waals surface area (Å²) in [7, 11) is 0. The van der Waals surface area contributed by atoms with E-state index < -0.39 is 0 Å². The van der Waals surface area contributed by atoms with Gasteiger partial charge in [-0.05, 0) is 38.0 Å². The molecule has 0 aromatic heterocycles. The molecule has 3 nitrogen and oxygen atoms in total. The van der Waals surface area contributed by atoms with Gasteiger partial charge in [-0.25, -0.2) is 0 Å². The monoisotopic (exact) mass is 312 g/mol. The second kappa shape index (κ2) is 7.23. The third-order valence-electron chi connectivity index (χ3n) is 3.54. The first kappa shape index (κ1) is 15.5. The predicted molar refractivity (Wildman–Crippen MR) is 86.2 cm³/mol. The van der Waals surface area contributed by atoms with Crippen LogP contribution in [0.1, 0.15) is 32.6 Å². The van der Waals surface area contributed by atoms with Crippen molar-refractivity contribution in [3.05, 3.63) is 23.2 Å². The molecule has 1 aromatic carbocycles. The van der Waals surface area contributed by atoms with Crippen LogP contribution in [0.15, 0.2) is 23.1 Å². The summed E-state index contributed by atoms with van der Waals surface area (Å²) in [5.74, 6) is 0.214. The minimum atomic E-state index is -0.114. The average Bonchev–Trinajstić information content (AvgIpc) is 2.70. The number of carbonyl (C=O) groups excluding carboxylic acids is 1. The van der Waals surface area contributed by atoms with Gasteiger partial charge in [-0.15, -0.1) is 11.8 Å². The summed E-state index contributed by atoms with van der Waals surface area (Å²) < 4.78 is 0. The second-order valence-electron chi connectivity index (χ2n) is 5.18. The molecule has 1 unspecified atom stereocenters.